The van der Waals surface area contributed by atoms with Crippen molar-refractivity contribution in [2.75, 3.05) is 0 Å². The maximum absolute atomic E-state index is 4.71. The number of nitrogens with zero attached hydrogens (tertiary/aromatic N) is 1. The van der Waals surface area contributed by atoms with Crippen LogP contribution in [0.3, 0.4) is 0 Å². The van der Waals surface area contributed by atoms with Gasteiger partial charge in [0.1, 0.15) is 0 Å². The second-order valence-corrected chi connectivity index (χ2v) is 13.8. The van der Waals surface area contributed by atoms with Crippen LogP contribution in [0.15, 0.2) is 201 Å². The number of benzene rings is 8. The highest BCUT2D eigenvalue weighted by Crippen LogP contribution is 2.47. The summed E-state index contributed by atoms with van der Waals surface area (Å²) in [6.45, 7) is 4.71. The van der Waals surface area contributed by atoms with E-state index in [9.17, 15) is 0 Å². The number of para-hydroxylation sites is 2. The molecule has 0 N–H and O–H groups in total. The second kappa shape index (κ2) is 12.3. The lowest BCUT2D eigenvalue weighted by Crippen LogP contribution is -2.09. The Kier molecular flexibility index (Phi) is 7.11. The van der Waals surface area contributed by atoms with Crippen molar-refractivity contribution in [2.24, 2.45) is 0 Å². The zero-order chi connectivity index (χ0) is 34.6. The molecule has 1 heteroatoms. The van der Waals surface area contributed by atoms with Gasteiger partial charge >= 0.3 is 0 Å². The molecule has 10 rings (SSSR count). The number of hydrogen-bond acceptors (Lipinski definition) is 0. The van der Waals surface area contributed by atoms with E-state index >= 15 is 0 Å². The first-order valence-corrected chi connectivity index (χ1v) is 18.0. The molecule has 0 radical (unpaired) electrons. The lowest BCUT2D eigenvalue weighted by Gasteiger charge is -2.29. The van der Waals surface area contributed by atoms with E-state index in [2.05, 4.69) is 199 Å². The minimum Gasteiger partial charge on any atom is -0.309 e. The van der Waals surface area contributed by atoms with E-state index in [4.69, 9.17) is 6.58 Å². The fraction of sp³-hybridized carbons (Fsp3) is 0.0196. The fourth-order valence-corrected chi connectivity index (χ4v) is 8.28. The van der Waals surface area contributed by atoms with Crippen molar-refractivity contribution >= 4 is 43.7 Å². The molecule has 52 heavy (non-hydrogen) atoms. The lowest BCUT2D eigenvalue weighted by atomic mass is 9.74. The van der Waals surface area contributed by atoms with Gasteiger partial charge in [-0.3, -0.25) is 0 Å². The van der Waals surface area contributed by atoms with Crippen molar-refractivity contribution in [3.05, 3.63) is 223 Å². The molecule has 0 fully saturated rings. The van der Waals surface area contributed by atoms with E-state index in [0.29, 0.717) is 0 Å². The predicted octanol–water partition coefficient (Wildman–Crippen LogP) is 13.5. The number of rotatable bonds is 5. The highest BCUT2D eigenvalue weighted by molar-refractivity contribution is 6.10. The van der Waals surface area contributed by atoms with Gasteiger partial charge in [-0.05, 0) is 96.8 Å². The van der Waals surface area contributed by atoms with Crippen LogP contribution in [-0.2, 0) is 0 Å². The summed E-state index contributed by atoms with van der Waals surface area (Å²) in [5.74, 6) is 0.0628. The van der Waals surface area contributed by atoms with Gasteiger partial charge in [0, 0.05) is 22.4 Å². The quantitative estimate of drug-likeness (QED) is 0.173. The van der Waals surface area contributed by atoms with Crippen LogP contribution in [-0.4, -0.2) is 4.57 Å². The summed E-state index contributed by atoms with van der Waals surface area (Å²) in [5.41, 5.74) is 15.8. The van der Waals surface area contributed by atoms with Crippen LogP contribution in [0.1, 0.15) is 28.2 Å². The maximum atomic E-state index is 4.71. The molecule has 0 saturated heterocycles. The van der Waals surface area contributed by atoms with Crippen molar-refractivity contribution in [3.8, 4) is 27.9 Å². The van der Waals surface area contributed by atoms with Crippen molar-refractivity contribution in [1.29, 1.82) is 0 Å². The van der Waals surface area contributed by atoms with E-state index < -0.39 is 0 Å². The molecule has 1 atom stereocenters. The Bertz CT molecular complexity index is 2840. The van der Waals surface area contributed by atoms with E-state index in [0.717, 1.165) is 5.57 Å². The largest absolute Gasteiger partial charge is 0.309 e. The predicted molar refractivity (Wildman–Crippen MR) is 221 cm³/mol. The number of fused-ring (bicyclic) bond motifs is 6. The molecule has 1 aliphatic rings. The second-order valence-electron chi connectivity index (χ2n) is 13.8. The molecular formula is C51H35N. The number of hydrogen-bond donors (Lipinski definition) is 0. The van der Waals surface area contributed by atoms with Crippen LogP contribution in [0.5, 0.6) is 0 Å². The molecule has 1 aliphatic carbocycles. The van der Waals surface area contributed by atoms with Crippen LogP contribution >= 0.6 is 0 Å². The third-order valence-corrected chi connectivity index (χ3v) is 10.8. The summed E-state index contributed by atoms with van der Waals surface area (Å²) in [6, 6.07) is 68.2. The Morgan fingerprint density at radius 3 is 1.83 bits per heavy atom. The molecule has 1 heterocycles. The molecule has 0 bridgehead atoms. The summed E-state index contributed by atoms with van der Waals surface area (Å²) in [6.07, 6.45) is 2.43. The molecule has 0 saturated carbocycles. The summed E-state index contributed by atoms with van der Waals surface area (Å²) in [4.78, 5) is 0. The van der Waals surface area contributed by atoms with Crippen LogP contribution < -0.4 is 0 Å². The molecule has 1 unspecified atom stereocenters. The maximum Gasteiger partial charge on any atom is 0.0541 e. The minimum atomic E-state index is 0.0628. The van der Waals surface area contributed by atoms with Gasteiger partial charge in [-0.15, -0.1) is 0 Å². The van der Waals surface area contributed by atoms with Gasteiger partial charge in [-0.25, -0.2) is 0 Å². The first-order chi connectivity index (χ1) is 25.7. The molecule has 244 valence electrons. The molecule has 0 amide bonds. The third kappa shape index (κ3) is 4.93. The normalized spacial score (nSPS) is 14.1. The third-order valence-electron chi connectivity index (χ3n) is 10.8. The molecule has 0 spiro atoms. The molecule has 1 nitrogen and oxygen atoms in total. The van der Waals surface area contributed by atoms with E-state index in [-0.39, 0.29) is 5.92 Å². The SMILES string of the molecule is C=C1c2ccc3ccccc3c2C(c2ccccc2)=CC1c1cccc(-c2ccc(-c3ccc4c(c3)c3ccccc3n4-c3ccccc3)cc2)c1. The highest BCUT2D eigenvalue weighted by atomic mass is 15.0. The Morgan fingerprint density at radius 1 is 0.423 bits per heavy atom. The summed E-state index contributed by atoms with van der Waals surface area (Å²) >= 11 is 0. The zero-order valence-corrected chi connectivity index (χ0v) is 28.7. The van der Waals surface area contributed by atoms with Gasteiger partial charge in [0.2, 0.25) is 0 Å². The standard InChI is InChI=1S/C51H35N/c1-34-43-29-27-38-15-8-9-20-44(38)51(43)47(37-13-4-2-5-14-37)33-46(34)41-17-12-16-39(31-41)35-23-25-36(26-24-35)40-28-30-50-48(32-40)45-21-10-11-22-49(45)52(50)42-18-6-3-7-19-42/h2-33,46H,1H2. The van der Waals surface area contributed by atoms with Crippen LogP contribution in [0.4, 0.5) is 0 Å². The van der Waals surface area contributed by atoms with Gasteiger partial charge in [0.05, 0.1) is 11.0 Å². The van der Waals surface area contributed by atoms with Crippen molar-refractivity contribution in [3.63, 3.8) is 0 Å². The van der Waals surface area contributed by atoms with E-state index in [1.165, 1.54) is 88.3 Å². The fourth-order valence-electron chi connectivity index (χ4n) is 8.28. The van der Waals surface area contributed by atoms with Crippen molar-refractivity contribution in [1.82, 2.24) is 4.57 Å². The molecule has 0 aliphatic heterocycles. The van der Waals surface area contributed by atoms with Crippen LogP contribution in [0.2, 0.25) is 0 Å². The smallest absolute Gasteiger partial charge is 0.0541 e. The first-order valence-electron chi connectivity index (χ1n) is 18.0. The van der Waals surface area contributed by atoms with Crippen LogP contribution in [0.25, 0.3) is 71.7 Å². The van der Waals surface area contributed by atoms with Gasteiger partial charge in [-0.1, -0.05) is 170 Å². The minimum absolute atomic E-state index is 0.0628. The van der Waals surface area contributed by atoms with E-state index in [1.807, 2.05) is 0 Å². The topological polar surface area (TPSA) is 4.93 Å². The average molecular weight is 662 g/mol. The van der Waals surface area contributed by atoms with Gasteiger partial charge < -0.3 is 4.57 Å². The van der Waals surface area contributed by atoms with E-state index in [1.54, 1.807) is 0 Å². The van der Waals surface area contributed by atoms with Crippen molar-refractivity contribution in [2.45, 2.75) is 5.92 Å². The summed E-state index contributed by atoms with van der Waals surface area (Å²) < 4.78 is 2.37. The summed E-state index contributed by atoms with van der Waals surface area (Å²) in [7, 11) is 0. The monoisotopic (exact) mass is 661 g/mol. The Labute approximate surface area is 304 Å². The van der Waals surface area contributed by atoms with Crippen LogP contribution in [0, 0.1) is 0 Å². The molecule has 1 aromatic heterocycles. The average Bonchev–Trinajstić information content (AvgIpc) is 3.55. The van der Waals surface area contributed by atoms with Gasteiger partial charge in [0.25, 0.3) is 0 Å². The van der Waals surface area contributed by atoms with Crippen molar-refractivity contribution < 1.29 is 0 Å². The Hall–Kier alpha value is -6.70. The number of aromatic nitrogens is 1. The Morgan fingerprint density at radius 2 is 1.04 bits per heavy atom. The van der Waals surface area contributed by atoms with Gasteiger partial charge in [0.15, 0.2) is 0 Å². The summed E-state index contributed by atoms with van der Waals surface area (Å²) in [5, 5.41) is 5.04. The highest BCUT2D eigenvalue weighted by Gasteiger charge is 2.27. The number of allylic oxidation sites excluding steroid dienone is 2. The molecule has 9 aromatic rings. The first kappa shape index (κ1) is 30.2. The van der Waals surface area contributed by atoms with Gasteiger partial charge in [-0.2, -0.15) is 0 Å². The molecule has 8 aromatic carbocycles. The lowest BCUT2D eigenvalue weighted by molar-refractivity contribution is 1.09. The Balaban J connectivity index is 1.01. The molecular weight excluding hydrogens is 627 g/mol. The zero-order valence-electron chi connectivity index (χ0n) is 28.7.